The van der Waals surface area contributed by atoms with Crippen molar-refractivity contribution in [3.63, 3.8) is 0 Å². The first-order valence-corrected chi connectivity index (χ1v) is 5.52. The lowest BCUT2D eigenvalue weighted by Gasteiger charge is -2.24. The minimum atomic E-state index is -0.797. The van der Waals surface area contributed by atoms with Crippen molar-refractivity contribution in [3.8, 4) is 5.75 Å². The summed E-state index contributed by atoms with van der Waals surface area (Å²) in [6, 6.07) is 3.89. The molecule has 0 aromatic heterocycles. The van der Waals surface area contributed by atoms with E-state index in [9.17, 15) is 4.79 Å². The van der Waals surface area contributed by atoms with Gasteiger partial charge in [0.2, 0.25) is 0 Å². The number of aliphatic carboxylic acids is 1. The summed E-state index contributed by atoms with van der Waals surface area (Å²) in [6.45, 7) is 2.23. The summed E-state index contributed by atoms with van der Waals surface area (Å²) in [6.07, 6.45) is 0.535. The van der Waals surface area contributed by atoms with Crippen molar-refractivity contribution in [2.24, 2.45) is 5.92 Å². The van der Waals surface area contributed by atoms with Crippen LogP contribution in [0.25, 0.3) is 0 Å². The molecule has 1 aromatic rings. The lowest BCUT2D eigenvalue weighted by Crippen LogP contribution is -2.28. The fourth-order valence-electron chi connectivity index (χ4n) is 1.76. The summed E-state index contributed by atoms with van der Waals surface area (Å²) in [5, 5.41) is 8.93. The second-order valence-corrected chi connectivity index (χ2v) is 4.58. The van der Waals surface area contributed by atoms with Gasteiger partial charge in [0, 0.05) is 10.0 Å². The maximum Gasteiger partial charge on any atom is 0.310 e. The molecule has 1 atom stereocenters. The van der Waals surface area contributed by atoms with E-state index in [2.05, 4.69) is 15.9 Å². The summed E-state index contributed by atoms with van der Waals surface area (Å²) in [4.78, 5) is 10.9. The number of benzene rings is 1. The Morgan fingerprint density at radius 1 is 1.60 bits per heavy atom. The highest BCUT2D eigenvalue weighted by Crippen LogP contribution is 2.35. The molecular weight excluding hydrogens is 260 g/mol. The van der Waals surface area contributed by atoms with Crippen LogP contribution in [0.15, 0.2) is 16.6 Å². The fourth-order valence-corrected chi connectivity index (χ4v) is 2.23. The smallest absolute Gasteiger partial charge is 0.310 e. The third kappa shape index (κ3) is 1.86. The summed E-state index contributed by atoms with van der Waals surface area (Å²) in [7, 11) is 0. The third-order valence-electron chi connectivity index (χ3n) is 2.63. The molecule has 2 rings (SSSR count). The van der Waals surface area contributed by atoms with Gasteiger partial charge in [-0.2, -0.15) is 0 Å². The molecule has 80 valence electrons. The SMILES string of the molecule is Cc1ccc(Br)c2c1OCC(C(=O)O)C2. The van der Waals surface area contributed by atoms with Crippen molar-refractivity contribution in [3.05, 3.63) is 27.7 Å². The quantitative estimate of drug-likeness (QED) is 0.853. The van der Waals surface area contributed by atoms with Crippen LogP contribution in [-0.2, 0) is 11.2 Å². The van der Waals surface area contributed by atoms with E-state index in [1.807, 2.05) is 19.1 Å². The number of carboxylic acid groups (broad SMARTS) is 1. The zero-order valence-corrected chi connectivity index (χ0v) is 9.87. The van der Waals surface area contributed by atoms with Gasteiger partial charge in [-0.05, 0) is 25.0 Å². The molecule has 1 aromatic carbocycles. The van der Waals surface area contributed by atoms with Gasteiger partial charge in [0.25, 0.3) is 0 Å². The lowest BCUT2D eigenvalue weighted by atomic mass is 9.95. The number of rotatable bonds is 1. The first-order chi connectivity index (χ1) is 7.09. The van der Waals surface area contributed by atoms with Gasteiger partial charge < -0.3 is 9.84 Å². The van der Waals surface area contributed by atoms with Crippen molar-refractivity contribution in [2.75, 3.05) is 6.61 Å². The van der Waals surface area contributed by atoms with E-state index >= 15 is 0 Å². The first kappa shape index (κ1) is 10.5. The molecule has 4 heteroatoms. The number of aryl methyl sites for hydroxylation is 1. The van der Waals surface area contributed by atoms with Crippen LogP contribution in [0.3, 0.4) is 0 Å². The largest absolute Gasteiger partial charge is 0.492 e. The highest BCUT2D eigenvalue weighted by atomic mass is 79.9. The molecule has 1 heterocycles. The summed E-state index contributed by atoms with van der Waals surface area (Å²) in [5.41, 5.74) is 2.02. The van der Waals surface area contributed by atoms with E-state index < -0.39 is 11.9 Å². The van der Waals surface area contributed by atoms with Crippen LogP contribution in [0.2, 0.25) is 0 Å². The van der Waals surface area contributed by atoms with Crippen LogP contribution in [-0.4, -0.2) is 17.7 Å². The molecule has 1 aliphatic rings. The van der Waals surface area contributed by atoms with Crippen molar-refractivity contribution in [1.82, 2.24) is 0 Å². The topological polar surface area (TPSA) is 46.5 Å². The molecular formula is C11H11BrO3. The average molecular weight is 271 g/mol. The molecule has 0 bridgehead atoms. The maximum atomic E-state index is 10.9. The van der Waals surface area contributed by atoms with Crippen LogP contribution < -0.4 is 4.74 Å². The molecule has 1 aliphatic heterocycles. The molecule has 0 fully saturated rings. The normalized spacial score (nSPS) is 19.2. The Morgan fingerprint density at radius 3 is 3.00 bits per heavy atom. The lowest BCUT2D eigenvalue weighted by molar-refractivity contribution is -0.143. The van der Waals surface area contributed by atoms with Crippen LogP contribution in [0.1, 0.15) is 11.1 Å². The van der Waals surface area contributed by atoms with E-state index in [-0.39, 0.29) is 6.61 Å². The zero-order chi connectivity index (χ0) is 11.0. The van der Waals surface area contributed by atoms with Gasteiger partial charge in [0.1, 0.15) is 12.4 Å². The maximum absolute atomic E-state index is 10.9. The number of carboxylic acids is 1. The van der Waals surface area contributed by atoms with Gasteiger partial charge in [0.15, 0.2) is 0 Å². The minimum absolute atomic E-state index is 0.264. The van der Waals surface area contributed by atoms with E-state index in [0.717, 1.165) is 21.3 Å². The van der Waals surface area contributed by atoms with Crippen molar-refractivity contribution in [2.45, 2.75) is 13.3 Å². The van der Waals surface area contributed by atoms with E-state index in [4.69, 9.17) is 9.84 Å². The second kappa shape index (κ2) is 3.85. The van der Waals surface area contributed by atoms with Crippen LogP contribution in [0, 0.1) is 12.8 Å². The second-order valence-electron chi connectivity index (χ2n) is 3.72. The first-order valence-electron chi connectivity index (χ1n) is 4.73. The molecule has 0 amide bonds. The Labute approximate surface area is 96.2 Å². The van der Waals surface area contributed by atoms with Crippen LogP contribution >= 0.6 is 15.9 Å². The Hall–Kier alpha value is -1.03. The number of hydrogen-bond acceptors (Lipinski definition) is 2. The van der Waals surface area contributed by atoms with Gasteiger partial charge in [-0.1, -0.05) is 22.0 Å². The third-order valence-corrected chi connectivity index (χ3v) is 3.37. The van der Waals surface area contributed by atoms with Crippen LogP contribution in [0.5, 0.6) is 5.75 Å². The van der Waals surface area contributed by atoms with Gasteiger partial charge in [-0.3, -0.25) is 4.79 Å². The molecule has 0 saturated carbocycles. The van der Waals surface area contributed by atoms with Crippen molar-refractivity contribution < 1.29 is 14.6 Å². The number of fused-ring (bicyclic) bond motifs is 1. The predicted octanol–water partition coefficient (Wildman–Crippen LogP) is 2.39. The molecule has 1 unspecified atom stereocenters. The van der Waals surface area contributed by atoms with Crippen molar-refractivity contribution in [1.29, 1.82) is 0 Å². The molecule has 0 saturated heterocycles. The molecule has 0 spiro atoms. The number of ether oxygens (including phenoxy) is 1. The summed E-state index contributed by atoms with van der Waals surface area (Å²) >= 11 is 3.42. The predicted molar refractivity (Wildman–Crippen MR) is 59.2 cm³/mol. The Balaban J connectivity index is 2.41. The van der Waals surface area contributed by atoms with Gasteiger partial charge in [-0.15, -0.1) is 0 Å². The Kier molecular flexibility index (Phi) is 2.69. The minimum Gasteiger partial charge on any atom is -0.492 e. The van der Waals surface area contributed by atoms with Crippen LogP contribution in [0.4, 0.5) is 0 Å². The molecule has 0 aliphatic carbocycles. The monoisotopic (exact) mass is 270 g/mol. The molecule has 0 radical (unpaired) electrons. The average Bonchev–Trinajstić information content (AvgIpc) is 2.23. The standard InChI is InChI=1S/C11H11BrO3/c1-6-2-3-9(12)8-4-7(11(13)14)5-15-10(6)8/h2-3,7H,4-5H2,1H3,(H,13,14). The van der Waals surface area contributed by atoms with Gasteiger partial charge in [0.05, 0.1) is 5.92 Å². The number of carbonyl (C=O) groups is 1. The van der Waals surface area contributed by atoms with Gasteiger partial charge in [-0.25, -0.2) is 0 Å². The highest BCUT2D eigenvalue weighted by Gasteiger charge is 2.27. The number of hydrogen-bond donors (Lipinski definition) is 1. The summed E-state index contributed by atoms with van der Waals surface area (Å²) in [5.74, 6) is -0.397. The highest BCUT2D eigenvalue weighted by molar-refractivity contribution is 9.10. The number of halogens is 1. The van der Waals surface area contributed by atoms with Crippen molar-refractivity contribution >= 4 is 21.9 Å². The molecule has 1 N–H and O–H groups in total. The Morgan fingerprint density at radius 2 is 2.33 bits per heavy atom. The Bertz CT molecular complexity index is 415. The van der Waals surface area contributed by atoms with Gasteiger partial charge >= 0.3 is 5.97 Å². The fraction of sp³-hybridized carbons (Fsp3) is 0.364. The summed E-state index contributed by atoms with van der Waals surface area (Å²) < 4.78 is 6.42. The molecule has 15 heavy (non-hydrogen) atoms. The van der Waals surface area contributed by atoms with E-state index in [0.29, 0.717) is 6.42 Å². The van der Waals surface area contributed by atoms with E-state index in [1.54, 1.807) is 0 Å². The van der Waals surface area contributed by atoms with E-state index in [1.165, 1.54) is 0 Å². The zero-order valence-electron chi connectivity index (χ0n) is 8.29. The molecule has 3 nitrogen and oxygen atoms in total.